The van der Waals surface area contributed by atoms with E-state index in [1.54, 1.807) is 0 Å². The number of aliphatic carboxylic acids is 1. The monoisotopic (exact) mass is 15700 g/mol. The molecule has 0 radical (unpaired) electrons. The Hall–Kier alpha value is 89.0. The summed E-state index contributed by atoms with van der Waals surface area (Å²) >= 11 is 211. The molecule has 0 bridgehead atoms. The van der Waals surface area contributed by atoms with Crippen LogP contribution >= 0.6 is 1640 Å². The number of hydrogen-bond acceptors (Lipinski definition) is 1. The second-order valence-electron chi connectivity index (χ2n) is 13.1. The molecule has 1 aliphatic rings. The molecule has 1 N–H and O–H groups in total. The van der Waals surface area contributed by atoms with Crippen LogP contribution in [0.15, 0.2) is 10.2 Å². The first kappa shape index (κ1) is 220. The van der Waals surface area contributed by atoms with Crippen molar-refractivity contribution in [1.29, 1.82) is 0 Å². The molecule has 0 saturated heterocycles. The van der Waals surface area contributed by atoms with Crippen molar-refractivity contribution in [2.75, 3.05) is 0 Å². The summed E-state index contributed by atoms with van der Waals surface area (Å²) in [5, 5.41) is 9.97. The minimum absolute atomic E-state index is 0.302. The average molecular weight is 15700 g/mol. The van der Waals surface area contributed by atoms with E-state index >= 15 is 0 Å². The van der Waals surface area contributed by atoms with E-state index in [0.717, 1.165) is 12.8 Å². The van der Waals surface area contributed by atoms with Gasteiger partial charge in [0, 0.05) is 0 Å². The summed E-state index contributed by atoms with van der Waals surface area (Å²) < 4.78 is 2.70. The van der Waals surface area contributed by atoms with Gasteiger partial charge in [0.05, 0.1) is 0 Å². The van der Waals surface area contributed by atoms with Crippen LogP contribution in [0.2, 0.25) is 0 Å². The van der Waals surface area contributed by atoms with Crippen LogP contribution in [0.4, 0.5) is 0 Å². The summed E-state index contributed by atoms with van der Waals surface area (Å²) in [7, 11) is -40.5. The topological polar surface area (TPSA) is 37.3 Å². The zero-order valence-electron chi connectivity index (χ0n) is 52.5. The van der Waals surface area contributed by atoms with Gasteiger partial charge in [-0.3, -0.25) is 0 Å². The first-order valence-corrected chi connectivity index (χ1v) is 789. The third kappa shape index (κ3) is 85.5. The Bertz CT molecular complexity index is 3050. The van der Waals surface area contributed by atoms with Gasteiger partial charge >= 0.3 is 1700 Å². The normalized spacial score (nSPS) is 21.0. The summed E-state index contributed by atoms with van der Waals surface area (Å²) in [4.78, 5) is 12.1. The molecule has 125 heteroatoms. The van der Waals surface area contributed by atoms with Gasteiger partial charge in [-0.15, -0.1) is 0 Å². The zero-order valence-corrected chi connectivity index (χ0v) is 318. The Morgan fingerprint density at radius 3 is 0.346 bits per heavy atom. The maximum absolute atomic E-state index is 12.1. The van der Waals surface area contributed by atoms with E-state index in [0.29, 0.717) is 5.92 Å². The summed E-state index contributed by atoms with van der Waals surface area (Å²) in [5.74, 6) is -0.252. The van der Waals surface area contributed by atoms with Crippen molar-refractivity contribution < 1.29 is 9.90 Å². The Kier molecular flexibility index (Phi) is 213. The second kappa shape index (κ2) is 129. The molecular weight excluding hydrogens is 15700 g/mol. The van der Waals surface area contributed by atoms with E-state index < -0.39 is 497 Å². The molecule has 2 nitrogen and oxygen atoms in total. The van der Waals surface area contributed by atoms with Gasteiger partial charge in [-0.25, -0.2) is 0 Å². The van der Waals surface area contributed by atoms with Crippen LogP contribution in [0, 0.1) is 11.3 Å². The molecule has 1 saturated carbocycles. The fraction of sp³-hybridized carbons (Fsp3) is 0.625. The van der Waals surface area contributed by atoms with Gasteiger partial charge in [-0.05, 0) is 0 Å². The molecule has 1 unspecified atom stereocenters. The van der Waals surface area contributed by atoms with Crippen LogP contribution in [0.25, 0.3) is 0 Å². The summed E-state index contributed by atoms with van der Waals surface area (Å²) in [6.45, 7) is 2.02. The Morgan fingerprint density at radius 1 is 0.180 bits per heavy atom. The quantitative estimate of drug-likeness (QED) is 0.0616. The number of carbonyl (C=O) groups is 1. The molecule has 0 aromatic carbocycles. The van der Waals surface area contributed by atoms with E-state index in [2.05, 4.69) is 1160 Å². The van der Waals surface area contributed by atoms with Crippen LogP contribution in [0.3, 0.4) is 0 Å². The number of carboxylic acid groups (broad SMARTS) is 1. The number of allylic oxidation sites excluding steroid dienone is 1. The SMILES string of the molecule is C[C@@]1(C(=O)O)CCC1/C=C\I(I)I(I)I(I)I(I)I(I)I(I)I(I)I(I)I(I)I(I)I(I)I(I)I(I)I(I)I(I)I(I)I(I)I(I)I(I)I(I)I(I)I(I)I(I)I(I)I(I)I(I)I(I)I(I)I(I)I(I)I(I)I(I)I(I)I(I)I(I)I(I)I(I)I(I)I(I)I(I)I(I)I(I)I(I)I(I)I(I)I(I)I(I)I(I)I(I)I(I)I(I)I(I)I(I)I(I)I(I)I(I)I(I)I(I)I(I)I(I)I(I)I. The summed E-state index contributed by atoms with van der Waals surface area (Å²) in [5.41, 5.74) is -0.483. The average Bonchev–Trinajstić information content (AvgIpc) is 0.773. The fourth-order valence-electron chi connectivity index (χ4n) is 3.33. The minimum atomic E-state index is -1.06. The van der Waals surface area contributed by atoms with Crippen molar-refractivity contribution >= 4 is 1650 Å². The molecule has 1 aliphatic carbocycles. The zero-order chi connectivity index (χ0) is 105. The summed E-state index contributed by atoms with van der Waals surface area (Å²) in [6.07, 6.45) is 4.43. The van der Waals surface area contributed by atoms with E-state index in [9.17, 15) is 9.90 Å². The predicted molar refractivity (Wildman–Crippen MR) is 1760 cm³/mol. The van der Waals surface area contributed by atoms with Crippen LogP contribution in [0.1, 0.15) is 19.8 Å². The van der Waals surface area contributed by atoms with Gasteiger partial charge in [0.25, 0.3) is 0 Å². The molecule has 133 heavy (non-hydrogen) atoms. The molecule has 0 amide bonds. The molecule has 0 aromatic rings. The van der Waals surface area contributed by atoms with Crippen molar-refractivity contribution in [2.24, 2.45) is 11.3 Å². The third-order valence-electron chi connectivity index (χ3n) is 7.60. The molecule has 1 rings (SSSR count). The van der Waals surface area contributed by atoms with Crippen molar-refractivity contribution in [3.63, 3.8) is 0 Å². The third-order valence-corrected chi connectivity index (χ3v) is 9860. The molecule has 0 aliphatic heterocycles. The van der Waals surface area contributed by atoms with Crippen molar-refractivity contribution in [3.05, 3.63) is 10.2 Å². The Balaban J connectivity index is 3.03. The Labute approximate surface area is 1600 Å². The molecule has 1 fully saturated rings. The van der Waals surface area contributed by atoms with E-state index in [1.165, 1.54) is 0 Å². The molecule has 2 atom stereocenters. The van der Waals surface area contributed by atoms with Crippen molar-refractivity contribution in [1.82, 2.24) is 0 Å². The van der Waals surface area contributed by atoms with Crippen LogP contribution < -0.4 is 0 Å². The van der Waals surface area contributed by atoms with Gasteiger partial charge in [-0.2, -0.15) is 0 Å². The maximum atomic E-state index is 12.1. The molecule has 0 spiro atoms. The van der Waals surface area contributed by atoms with Crippen LogP contribution in [-0.2, 0) is 4.79 Å². The van der Waals surface area contributed by atoms with E-state index in [4.69, 9.17) is 0 Å². The first-order chi connectivity index (χ1) is 60.6. The van der Waals surface area contributed by atoms with Crippen molar-refractivity contribution in [2.45, 2.75) is 19.8 Å². The van der Waals surface area contributed by atoms with E-state index in [1.807, 2.05) is 6.92 Å². The molecule has 916 valence electrons. The molecule has 0 aromatic heterocycles. The Morgan fingerprint density at radius 2 is 0.271 bits per heavy atom. The van der Waals surface area contributed by atoms with Gasteiger partial charge < -0.3 is 0 Å². The standard InChI is InChI=1S/C8H11I123O2/c1-8(7(132)133)4-2-6(8)3-5-71(9)73(12)75(14)77(16)79(18)81(20)83(22)85(24)87(26)89(28)91(30)93(32)95(34)97(36)99(38)101(40)103(42)105(44)107(46)109(48)111(50)113(52)115(54)117(56)119(58)121(60)123(62)125(64)127(66)129(68)131(70)130(69)128(67)126(65)124(63)122(61)120(59)118(57)116(55)114(53)112(51)110(49)108(47)106(45)104(43)102(41)100(39)98(37)96(35)94(33)92(31)90(29)88(27)86(25)84(23)82(21)80(19)78(17)76(15)74(13)72(10)11/h3,5-6H,2,4H2,1H3,(H,132,133)/b5-3-/t6?,8-/m1/s1. The van der Waals surface area contributed by atoms with Gasteiger partial charge in [-0.1, -0.05) is 0 Å². The molecule has 0 heterocycles. The molecular formula is C8H11I123O2. The van der Waals surface area contributed by atoms with Crippen LogP contribution in [-0.4, -0.2) is 11.1 Å². The van der Waals surface area contributed by atoms with E-state index in [-0.39, 0.29) is 0 Å². The second-order valence-corrected chi connectivity index (χ2v) is 2960. The number of carboxylic acids is 1. The van der Waals surface area contributed by atoms with Crippen molar-refractivity contribution in [3.8, 4) is 0 Å². The fourth-order valence-corrected chi connectivity index (χ4v) is 24600. The summed E-state index contributed by atoms with van der Waals surface area (Å²) in [6, 6.07) is 0. The first-order valence-electron chi connectivity index (χ1n) is 21.0. The number of rotatable bonds is 63. The van der Waals surface area contributed by atoms with Gasteiger partial charge in [0.15, 0.2) is 0 Å². The number of halogens is 123. The van der Waals surface area contributed by atoms with Gasteiger partial charge in [0.1, 0.15) is 0 Å². The van der Waals surface area contributed by atoms with Crippen LogP contribution in [0.5, 0.6) is 0 Å². The number of hydrogen-bond donors (Lipinski definition) is 1. The van der Waals surface area contributed by atoms with Gasteiger partial charge in [0.2, 0.25) is 0 Å². The predicted octanol–water partition coefficient (Wildman–Crippen LogP) is 110.